The van der Waals surface area contributed by atoms with Crippen molar-refractivity contribution >= 4 is 23.7 Å². The molecule has 5 aliphatic rings. The van der Waals surface area contributed by atoms with Crippen molar-refractivity contribution in [3.05, 3.63) is 60.2 Å². The lowest BCUT2D eigenvalue weighted by atomic mass is 9.77. The van der Waals surface area contributed by atoms with Gasteiger partial charge >= 0.3 is 5.97 Å². The number of nitrogens with one attached hydrogen (secondary N) is 1. The van der Waals surface area contributed by atoms with Crippen LogP contribution in [0.3, 0.4) is 0 Å². The summed E-state index contributed by atoms with van der Waals surface area (Å²) in [6.45, 7) is 4.81. The second-order valence-corrected chi connectivity index (χ2v) is 12.9. The molecule has 254 valence electrons. The van der Waals surface area contributed by atoms with E-state index in [1.165, 1.54) is 0 Å². The van der Waals surface area contributed by atoms with Crippen molar-refractivity contribution in [3.8, 4) is 0 Å². The fourth-order valence-corrected chi connectivity index (χ4v) is 7.58. The highest BCUT2D eigenvalue weighted by Crippen LogP contribution is 2.53. The second kappa shape index (κ2) is 15.1. The maximum absolute atomic E-state index is 14.5. The number of rotatable bonds is 9. The first kappa shape index (κ1) is 33.3. The van der Waals surface area contributed by atoms with Gasteiger partial charge in [-0.3, -0.25) is 24.1 Å². The molecule has 0 saturated carbocycles. The molecular weight excluding hydrogens is 604 g/mol. The lowest BCUT2D eigenvalue weighted by molar-refractivity contribution is -0.148. The van der Waals surface area contributed by atoms with Crippen LogP contribution in [-0.4, -0.2) is 127 Å². The number of cyclic esters (lactones) is 1. The minimum Gasteiger partial charge on any atom is -0.463 e. The fourth-order valence-electron chi connectivity index (χ4n) is 7.58. The molecule has 12 nitrogen and oxygen atoms in total. The third kappa shape index (κ3) is 7.01. The molecule has 0 radical (unpaired) electrons. The summed E-state index contributed by atoms with van der Waals surface area (Å²) in [4.78, 5) is 61.6. The molecule has 6 atom stereocenters. The van der Waals surface area contributed by atoms with Crippen LogP contribution in [0, 0.1) is 11.8 Å². The number of fused-ring (bicyclic) bond motifs is 2. The number of nitrogens with zero attached hydrogens (tertiary/aromatic N) is 3. The number of morpholine rings is 1. The standard InChI is InChI=1S/C35H46N4O8/c40-21-8-2-7-16-39-31-34(44)38(18-17-37-19-22-45-23-20-37)15-9-14-35(31)30(33(39)43)29-27(47-35)12-5-6-13-28(41)46-24-26(36-32(29)42)25-10-3-1-4-11-25/h1,3-5,9-12,14,26-27,29-31,40H,2,6-8,13,15-24H2,(H,36,42)/b12-5-/t26-,27+,29-,30-,31+,35-/m1/s1. The molecule has 3 amide bonds. The lowest BCUT2D eigenvalue weighted by Crippen LogP contribution is -2.56. The number of unbranched alkanes of at least 4 members (excludes halogenated alkanes) is 2. The highest BCUT2D eigenvalue weighted by Gasteiger charge is 2.71. The Hall–Kier alpha value is -3.58. The van der Waals surface area contributed by atoms with Gasteiger partial charge in [-0.1, -0.05) is 54.6 Å². The number of hydrogen-bond donors (Lipinski definition) is 2. The number of amides is 3. The fraction of sp³-hybridized carbons (Fsp3) is 0.600. The number of carbonyl (C=O) groups excluding carboxylic acids is 4. The zero-order chi connectivity index (χ0) is 32.8. The van der Waals surface area contributed by atoms with E-state index < -0.39 is 41.5 Å². The Morgan fingerprint density at radius 2 is 1.74 bits per heavy atom. The van der Waals surface area contributed by atoms with Crippen molar-refractivity contribution in [2.75, 3.05) is 65.7 Å². The van der Waals surface area contributed by atoms with E-state index in [1.54, 1.807) is 22.0 Å². The summed E-state index contributed by atoms with van der Waals surface area (Å²) in [6.07, 6.45) is 8.99. The SMILES string of the molecule is O=C1CC/C=C\[C@@H]2O[C@@]34C=CCN(CCN5CCOCC5)C(=O)[C@@H]3N(CCCCCO)C(=O)[C@H]4[C@@H]2C(=O)N[C@@H](c2ccccc2)CO1. The van der Waals surface area contributed by atoms with E-state index in [-0.39, 0.29) is 37.4 Å². The maximum Gasteiger partial charge on any atom is 0.306 e. The van der Waals surface area contributed by atoms with Gasteiger partial charge in [0.1, 0.15) is 18.2 Å². The van der Waals surface area contributed by atoms with Crippen LogP contribution in [0.2, 0.25) is 0 Å². The molecule has 12 heteroatoms. The van der Waals surface area contributed by atoms with Crippen molar-refractivity contribution in [3.63, 3.8) is 0 Å². The number of aliphatic hydroxyl groups excluding tert-OH is 1. The Morgan fingerprint density at radius 1 is 0.936 bits per heavy atom. The molecule has 0 aliphatic carbocycles. The summed E-state index contributed by atoms with van der Waals surface area (Å²) in [6, 6.07) is 7.73. The zero-order valence-corrected chi connectivity index (χ0v) is 26.8. The van der Waals surface area contributed by atoms with Gasteiger partial charge in [0.05, 0.1) is 37.2 Å². The normalized spacial score (nSPS) is 32.4. The van der Waals surface area contributed by atoms with E-state index in [4.69, 9.17) is 14.2 Å². The second-order valence-electron chi connectivity index (χ2n) is 12.9. The van der Waals surface area contributed by atoms with Crippen molar-refractivity contribution < 1.29 is 38.5 Å². The number of likely N-dealkylation sites (tertiary alicyclic amines) is 1. The van der Waals surface area contributed by atoms with Gasteiger partial charge in [-0.25, -0.2) is 0 Å². The predicted molar refractivity (Wildman–Crippen MR) is 171 cm³/mol. The number of esters is 1. The van der Waals surface area contributed by atoms with E-state index in [0.717, 1.165) is 18.7 Å². The highest BCUT2D eigenvalue weighted by molar-refractivity contribution is 5.99. The maximum atomic E-state index is 14.5. The van der Waals surface area contributed by atoms with Crippen LogP contribution in [-0.2, 0) is 33.4 Å². The molecule has 2 N–H and O–H groups in total. The average molecular weight is 651 g/mol. The average Bonchev–Trinajstić information content (AvgIpc) is 3.47. The number of aliphatic hydroxyl groups is 1. The van der Waals surface area contributed by atoms with Crippen molar-refractivity contribution in [2.24, 2.45) is 11.8 Å². The zero-order valence-electron chi connectivity index (χ0n) is 26.8. The van der Waals surface area contributed by atoms with Gasteiger partial charge in [0, 0.05) is 52.3 Å². The topological polar surface area (TPSA) is 138 Å². The first-order chi connectivity index (χ1) is 22.9. The Kier molecular flexibility index (Phi) is 10.7. The van der Waals surface area contributed by atoms with Crippen molar-refractivity contribution in [1.29, 1.82) is 0 Å². The molecular formula is C35H46N4O8. The molecule has 1 aromatic rings. The molecule has 6 rings (SSSR count). The number of allylic oxidation sites excluding steroid dienone is 1. The number of benzene rings is 1. The first-order valence-corrected chi connectivity index (χ1v) is 17.0. The van der Waals surface area contributed by atoms with Gasteiger partial charge in [0.25, 0.3) is 0 Å². The van der Waals surface area contributed by atoms with Gasteiger partial charge in [-0.2, -0.15) is 0 Å². The summed E-state index contributed by atoms with van der Waals surface area (Å²) in [5, 5.41) is 12.4. The molecule has 0 aromatic heterocycles. The van der Waals surface area contributed by atoms with E-state index >= 15 is 0 Å². The van der Waals surface area contributed by atoms with Crippen LogP contribution in [0.25, 0.3) is 0 Å². The van der Waals surface area contributed by atoms with Crippen LogP contribution in [0.4, 0.5) is 0 Å². The molecule has 0 bridgehead atoms. The van der Waals surface area contributed by atoms with Crippen LogP contribution < -0.4 is 5.32 Å². The minimum absolute atomic E-state index is 0.0452. The largest absolute Gasteiger partial charge is 0.463 e. The van der Waals surface area contributed by atoms with Gasteiger partial charge < -0.3 is 34.4 Å². The van der Waals surface area contributed by atoms with Crippen LogP contribution in [0.5, 0.6) is 0 Å². The Bertz CT molecular complexity index is 1350. The lowest BCUT2D eigenvalue weighted by Gasteiger charge is -2.36. The summed E-state index contributed by atoms with van der Waals surface area (Å²) in [5.74, 6) is -3.08. The van der Waals surface area contributed by atoms with Gasteiger partial charge in [-0.15, -0.1) is 0 Å². The summed E-state index contributed by atoms with van der Waals surface area (Å²) in [7, 11) is 0. The first-order valence-electron chi connectivity index (χ1n) is 17.0. The highest BCUT2D eigenvalue weighted by atomic mass is 16.5. The molecule has 5 heterocycles. The molecule has 47 heavy (non-hydrogen) atoms. The monoisotopic (exact) mass is 650 g/mol. The number of hydrogen-bond acceptors (Lipinski definition) is 9. The van der Waals surface area contributed by atoms with Gasteiger partial charge in [0.2, 0.25) is 17.7 Å². The molecule has 3 saturated heterocycles. The van der Waals surface area contributed by atoms with E-state index in [0.29, 0.717) is 65.1 Å². The van der Waals surface area contributed by atoms with Crippen LogP contribution >= 0.6 is 0 Å². The van der Waals surface area contributed by atoms with Gasteiger partial charge in [-0.05, 0) is 31.2 Å². The summed E-state index contributed by atoms with van der Waals surface area (Å²) >= 11 is 0. The van der Waals surface area contributed by atoms with Crippen molar-refractivity contribution in [2.45, 2.75) is 55.9 Å². The Morgan fingerprint density at radius 3 is 2.53 bits per heavy atom. The van der Waals surface area contributed by atoms with E-state index in [2.05, 4.69) is 10.2 Å². The third-order valence-electron chi connectivity index (χ3n) is 10.00. The molecule has 5 aliphatic heterocycles. The summed E-state index contributed by atoms with van der Waals surface area (Å²) < 4.78 is 17.8. The number of carbonyl (C=O) groups is 4. The quantitative estimate of drug-likeness (QED) is 0.230. The number of ether oxygens (including phenoxy) is 3. The summed E-state index contributed by atoms with van der Waals surface area (Å²) in [5.41, 5.74) is -0.571. The third-order valence-corrected chi connectivity index (χ3v) is 10.00. The van der Waals surface area contributed by atoms with Crippen LogP contribution in [0.15, 0.2) is 54.6 Å². The van der Waals surface area contributed by atoms with Crippen molar-refractivity contribution in [1.82, 2.24) is 20.0 Å². The van der Waals surface area contributed by atoms with Gasteiger partial charge in [0.15, 0.2) is 0 Å². The predicted octanol–water partition coefficient (Wildman–Crippen LogP) is 1.21. The molecule has 1 aromatic carbocycles. The molecule has 0 unspecified atom stereocenters. The van der Waals surface area contributed by atoms with E-state index in [1.807, 2.05) is 42.5 Å². The smallest absolute Gasteiger partial charge is 0.306 e. The molecule has 1 spiro atoms. The Labute approximate surface area is 275 Å². The minimum atomic E-state index is -1.34. The van der Waals surface area contributed by atoms with E-state index in [9.17, 15) is 24.3 Å². The molecule has 3 fully saturated rings. The Balaban J connectivity index is 1.33. The van der Waals surface area contributed by atoms with Crippen LogP contribution in [0.1, 0.15) is 43.7 Å².